The van der Waals surface area contributed by atoms with Gasteiger partial charge in [-0.1, -0.05) is 42.5 Å². The van der Waals surface area contributed by atoms with Crippen LogP contribution in [0.15, 0.2) is 78.9 Å². The second-order valence-corrected chi connectivity index (χ2v) is 9.75. The molecular formula is C25H27FN2O3S. The molecule has 0 bridgehead atoms. The average molecular weight is 455 g/mol. The Labute approximate surface area is 188 Å². The predicted molar refractivity (Wildman–Crippen MR) is 126 cm³/mol. The van der Waals surface area contributed by atoms with E-state index in [4.69, 9.17) is 0 Å². The summed E-state index contributed by atoms with van der Waals surface area (Å²) in [6.07, 6.45) is 2.80. The second kappa shape index (κ2) is 10.4. The molecule has 0 aliphatic carbocycles. The maximum absolute atomic E-state index is 13.2. The van der Waals surface area contributed by atoms with E-state index in [1.807, 2.05) is 25.1 Å². The van der Waals surface area contributed by atoms with Crippen molar-refractivity contribution in [3.05, 3.63) is 101 Å². The highest BCUT2D eigenvalue weighted by Crippen LogP contribution is 2.21. The van der Waals surface area contributed by atoms with Crippen molar-refractivity contribution in [2.75, 3.05) is 10.6 Å². The first-order valence-electron chi connectivity index (χ1n) is 10.4. The maximum atomic E-state index is 13.2. The topological polar surface area (TPSA) is 66.5 Å². The Morgan fingerprint density at radius 1 is 0.938 bits per heavy atom. The van der Waals surface area contributed by atoms with Gasteiger partial charge in [0.05, 0.1) is 18.5 Å². The molecule has 3 aromatic carbocycles. The first-order chi connectivity index (χ1) is 15.2. The van der Waals surface area contributed by atoms with E-state index in [-0.39, 0.29) is 24.3 Å². The van der Waals surface area contributed by atoms with Crippen LogP contribution in [0, 0.1) is 5.82 Å². The molecule has 3 rings (SSSR count). The van der Waals surface area contributed by atoms with Crippen molar-refractivity contribution in [3.63, 3.8) is 0 Å². The molecule has 1 atom stereocenters. The van der Waals surface area contributed by atoms with Gasteiger partial charge in [0.1, 0.15) is 5.82 Å². The smallest absolute Gasteiger partial charge is 0.251 e. The lowest BCUT2D eigenvalue weighted by molar-refractivity contribution is 0.0938. The average Bonchev–Trinajstić information content (AvgIpc) is 2.77. The van der Waals surface area contributed by atoms with Crippen LogP contribution in [0.25, 0.3) is 0 Å². The van der Waals surface area contributed by atoms with Crippen LogP contribution < -0.4 is 9.62 Å². The normalized spacial score (nSPS) is 12.2. The van der Waals surface area contributed by atoms with Crippen LogP contribution in [0.4, 0.5) is 10.1 Å². The molecule has 0 saturated heterocycles. The number of nitrogens with zero attached hydrogens (tertiary/aromatic N) is 1. The first kappa shape index (κ1) is 23.5. The number of anilines is 1. The van der Waals surface area contributed by atoms with Gasteiger partial charge in [0.15, 0.2) is 0 Å². The third kappa shape index (κ3) is 6.65. The molecule has 0 heterocycles. The Kier molecular flexibility index (Phi) is 7.64. The van der Waals surface area contributed by atoms with Crippen molar-refractivity contribution < 1.29 is 17.6 Å². The highest BCUT2D eigenvalue weighted by atomic mass is 32.2. The maximum Gasteiger partial charge on any atom is 0.251 e. The molecule has 1 amide bonds. The zero-order chi connectivity index (χ0) is 23.1. The lowest BCUT2D eigenvalue weighted by Gasteiger charge is -2.23. The fraction of sp³-hybridized carbons (Fsp3) is 0.240. The summed E-state index contributed by atoms with van der Waals surface area (Å²) in [6.45, 7) is 2.03. The van der Waals surface area contributed by atoms with Crippen LogP contribution in [0.5, 0.6) is 0 Å². The molecular weight excluding hydrogens is 427 g/mol. The minimum atomic E-state index is -3.57. The van der Waals surface area contributed by atoms with Gasteiger partial charge in [-0.25, -0.2) is 12.8 Å². The van der Waals surface area contributed by atoms with Gasteiger partial charge in [0.2, 0.25) is 10.0 Å². The number of hydrogen-bond acceptors (Lipinski definition) is 3. The fourth-order valence-corrected chi connectivity index (χ4v) is 4.23. The third-order valence-corrected chi connectivity index (χ3v) is 6.28. The van der Waals surface area contributed by atoms with Gasteiger partial charge in [-0.3, -0.25) is 9.10 Å². The summed E-state index contributed by atoms with van der Waals surface area (Å²) in [7, 11) is -3.57. The van der Waals surface area contributed by atoms with Gasteiger partial charge >= 0.3 is 0 Å². The van der Waals surface area contributed by atoms with Crippen molar-refractivity contribution in [2.45, 2.75) is 32.4 Å². The van der Waals surface area contributed by atoms with Crippen LogP contribution in [-0.2, 0) is 23.0 Å². The molecule has 1 N–H and O–H groups in total. The summed E-state index contributed by atoms with van der Waals surface area (Å²) in [6, 6.07) is 22.2. The summed E-state index contributed by atoms with van der Waals surface area (Å²) >= 11 is 0. The number of sulfonamides is 1. The SMILES string of the molecule is C[C@H](CCc1ccccc1)NC(=O)c1ccc(N(Cc2ccc(F)cc2)S(C)(=O)=O)cc1. The van der Waals surface area contributed by atoms with Crippen LogP contribution in [0.3, 0.4) is 0 Å². The second-order valence-electron chi connectivity index (χ2n) is 7.84. The molecule has 0 aliphatic rings. The molecule has 0 saturated carbocycles. The van der Waals surface area contributed by atoms with Crippen LogP contribution in [-0.4, -0.2) is 26.6 Å². The van der Waals surface area contributed by atoms with E-state index < -0.39 is 10.0 Å². The molecule has 5 nitrogen and oxygen atoms in total. The van der Waals surface area contributed by atoms with E-state index in [2.05, 4.69) is 17.4 Å². The lowest BCUT2D eigenvalue weighted by atomic mass is 10.1. The Morgan fingerprint density at radius 2 is 1.56 bits per heavy atom. The zero-order valence-electron chi connectivity index (χ0n) is 18.2. The number of rotatable bonds is 9. The molecule has 168 valence electrons. The fourth-order valence-electron chi connectivity index (χ4n) is 3.34. The standard InChI is InChI=1S/C25H27FN2O3S/c1-19(8-9-20-6-4-3-5-7-20)27-25(29)22-12-16-24(17-13-22)28(32(2,30)31)18-21-10-14-23(26)15-11-21/h3-7,10-17,19H,8-9,18H2,1-2H3,(H,27,29)/t19-/m1/s1. The van der Waals surface area contributed by atoms with E-state index in [9.17, 15) is 17.6 Å². The summed E-state index contributed by atoms with van der Waals surface area (Å²) in [5.41, 5.74) is 2.77. The van der Waals surface area contributed by atoms with Gasteiger partial charge in [-0.2, -0.15) is 0 Å². The van der Waals surface area contributed by atoms with Crippen molar-refractivity contribution in [1.82, 2.24) is 5.32 Å². The van der Waals surface area contributed by atoms with Gasteiger partial charge < -0.3 is 5.32 Å². The molecule has 0 unspecified atom stereocenters. The van der Waals surface area contributed by atoms with Gasteiger partial charge in [-0.05, 0) is 67.3 Å². The Balaban J connectivity index is 1.64. The van der Waals surface area contributed by atoms with Crippen molar-refractivity contribution >= 4 is 21.6 Å². The quantitative estimate of drug-likeness (QED) is 0.516. The molecule has 3 aromatic rings. The van der Waals surface area contributed by atoms with Crippen molar-refractivity contribution in [1.29, 1.82) is 0 Å². The molecule has 0 spiro atoms. The summed E-state index contributed by atoms with van der Waals surface area (Å²) in [5, 5.41) is 2.98. The van der Waals surface area contributed by atoms with Gasteiger partial charge in [-0.15, -0.1) is 0 Å². The summed E-state index contributed by atoms with van der Waals surface area (Å²) < 4.78 is 39.0. The number of halogens is 1. The van der Waals surface area contributed by atoms with Crippen LogP contribution in [0.2, 0.25) is 0 Å². The number of benzene rings is 3. The van der Waals surface area contributed by atoms with Crippen LogP contribution >= 0.6 is 0 Å². The molecule has 0 radical (unpaired) electrons. The summed E-state index contributed by atoms with van der Waals surface area (Å²) in [4.78, 5) is 12.6. The van der Waals surface area contributed by atoms with Crippen molar-refractivity contribution in [2.24, 2.45) is 0 Å². The Bertz CT molecular complexity index is 1130. The van der Waals surface area contributed by atoms with E-state index in [0.717, 1.165) is 19.1 Å². The van der Waals surface area contributed by atoms with E-state index in [1.165, 1.54) is 22.0 Å². The van der Waals surface area contributed by atoms with E-state index >= 15 is 0 Å². The number of amides is 1. The molecule has 0 aliphatic heterocycles. The monoisotopic (exact) mass is 454 g/mol. The number of hydrogen-bond donors (Lipinski definition) is 1. The van der Waals surface area contributed by atoms with Crippen LogP contribution in [0.1, 0.15) is 34.8 Å². The highest BCUT2D eigenvalue weighted by Gasteiger charge is 2.19. The van der Waals surface area contributed by atoms with Gasteiger partial charge in [0.25, 0.3) is 5.91 Å². The molecule has 0 fully saturated rings. The first-order valence-corrected chi connectivity index (χ1v) is 12.2. The van der Waals surface area contributed by atoms with Crippen molar-refractivity contribution in [3.8, 4) is 0 Å². The number of carbonyl (C=O) groups excluding carboxylic acids is 1. The molecule has 7 heteroatoms. The Hall–Kier alpha value is -3.19. The van der Waals surface area contributed by atoms with E-state index in [1.54, 1.807) is 36.4 Å². The molecule has 0 aromatic heterocycles. The number of nitrogens with one attached hydrogen (secondary N) is 1. The minimum absolute atomic E-state index is 0.00613. The van der Waals surface area contributed by atoms with E-state index in [0.29, 0.717) is 16.8 Å². The highest BCUT2D eigenvalue weighted by molar-refractivity contribution is 7.92. The zero-order valence-corrected chi connectivity index (χ0v) is 19.0. The largest absolute Gasteiger partial charge is 0.350 e. The lowest BCUT2D eigenvalue weighted by Crippen LogP contribution is -2.33. The molecule has 32 heavy (non-hydrogen) atoms. The number of aryl methyl sites for hydroxylation is 1. The predicted octanol–water partition coefficient (Wildman–Crippen LogP) is 4.54. The summed E-state index contributed by atoms with van der Waals surface area (Å²) in [5.74, 6) is -0.588. The number of carbonyl (C=O) groups is 1. The minimum Gasteiger partial charge on any atom is -0.350 e. The Morgan fingerprint density at radius 3 is 2.16 bits per heavy atom. The van der Waals surface area contributed by atoms with Gasteiger partial charge in [0, 0.05) is 11.6 Å². The third-order valence-electron chi connectivity index (χ3n) is 5.14.